The number of aromatic nitrogens is 1. The summed E-state index contributed by atoms with van der Waals surface area (Å²) < 4.78 is 6.39. The number of hydrogen-bond acceptors (Lipinski definition) is 2. The molecule has 9 rings (SSSR count). The second-order valence-corrected chi connectivity index (χ2v) is 11.1. The Labute approximate surface area is 248 Å². The SMILES string of the molecule is c1ccc(-c2cccc3c2oc2ccccc23)c(-c2ccc(-c3ccc4c5ccccc5c5ccccc5c4n3)cc2)c1. The molecule has 9 aromatic rings. The standard InChI is InChI=1S/C41H25NO/c1-2-11-29(36-17-9-18-37-33-15-7-8-19-39(33)43-41(36)37)28(10-1)26-20-22-27(23-21-26)38-25-24-35-32-14-4-3-12-30(32)31-13-5-6-16-34(31)40(35)42-38/h1-25H. The van der Waals surface area contributed by atoms with Gasteiger partial charge in [-0.1, -0.05) is 133 Å². The molecule has 7 aromatic carbocycles. The van der Waals surface area contributed by atoms with Crippen molar-refractivity contribution in [1.82, 2.24) is 4.98 Å². The molecular weight excluding hydrogens is 522 g/mol. The molecule has 2 nitrogen and oxygen atoms in total. The number of nitrogens with zero attached hydrogens (tertiary/aromatic N) is 1. The molecule has 0 fully saturated rings. The van der Waals surface area contributed by atoms with E-state index < -0.39 is 0 Å². The quantitative estimate of drug-likeness (QED) is 0.206. The van der Waals surface area contributed by atoms with E-state index in [0.29, 0.717) is 0 Å². The fourth-order valence-electron chi connectivity index (χ4n) is 6.67. The monoisotopic (exact) mass is 547 g/mol. The normalized spacial score (nSPS) is 11.7. The van der Waals surface area contributed by atoms with Crippen molar-refractivity contribution < 1.29 is 4.42 Å². The summed E-state index contributed by atoms with van der Waals surface area (Å²) in [5, 5.41) is 8.39. The van der Waals surface area contributed by atoms with Crippen LogP contribution in [0.25, 0.3) is 87.9 Å². The molecule has 0 saturated carbocycles. The molecule has 0 bridgehead atoms. The number of benzene rings is 7. The Morgan fingerprint density at radius 1 is 0.349 bits per heavy atom. The van der Waals surface area contributed by atoms with E-state index in [2.05, 4.69) is 140 Å². The van der Waals surface area contributed by atoms with Crippen LogP contribution in [0.4, 0.5) is 0 Å². The topological polar surface area (TPSA) is 26.0 Å². The molecular formula is C41H25NO. The second kappa shape index (κ2) is 9.40. The molecule has 2 heterocycles. The minimum atomic E-state index is 0.912. The van der Waals surface area contributed by atoms with Crippen molar-refractivity contribution in [3.8, 4) is 33.5 Å². The van der Waals surface area contributed by atoms with E-state index in [4.69, 9.17) is 9.40 Å². The predicted octanol–water partition coefficient (Wildman–Crippen LogP) is 11.4. The molecule has 2 heteroatoms. The lowest BCUT2D eigenvalue weighted by atomic mass is 9.92. The van der Waals surface area contributed by atoms with E-state index in [9.17, 15) is 0 Å². The molecule has 0 radical (unpaired) electrons. The van der Waals surface area contributed by atoms with E-state index >= 15 is 0 Å². The van der Waals surface area contributed by atoms with Gasteiger partial charge in [0, 0.05) is 32.7 Å². The van der Waals surface area contributed by atoms with Gasteiger partial charge in [-0.05, 0) is 51.0 Å². The highest BCUT2D eigenvalue weighted by atomic mass is 16.3. The first-order chi connectivity index (χ1) is 21.3. The molecule has 0 atom stereocenters. The average Bonchev–Trinajstić information content (AvgIpc) is 3.47. The van der Waals surface area contributed by atoms with E-state index in [1.807, 2.05) is 12.1 Å². The molecule has 0 amide bonds. The van der Waals surface area contributed by atoms with Gasteiger partial charge in [0.2, 0.25) is 0 Å². The number of rotatable bonds is 3. The number of para-hydroxylation sites is 2. The highest BCUT2D eigenvalue weighted by Gasteiger charge is 2.16. The van der Waals surface area contributed by atoms with Crippen molar-refractivity contribution in [1.29, 1.82) is 0 Å². The van der Waals surface area contributed by atoms with Gasteiger partial charge < -0.3 is 4.42 Å². The van der Waals surface area contributed by atoms with Gasteiger partial charge in [0.15, 0.2) is 0 Å². The van der Waals surface area contributed by atoms with Crippen LogP contribution in [0.5, 0.6) is 0 Å². The Kier molecular flexibility index (Phi) is 5.23. The summed E-state index contributed by atoms with van der Waals surface area (Å²) in [5.41, 5.74) is 9.53. The summed E-state index contributed by atoms with van der Waals surface area (Å²) in [6.45, 7) is 0. The molecule has 0 N–H and O–H groups in total. The van der Waals surface area contributed by atoms with E-state index in [0.717, 1.165) is 55.4 Å². The van der Waals surface area contributed by atoms with Gasteiger partial charge in [-0.25, -0.2) is 4.98 Å². The predicted molar refractivity (Wildman–Crippen MR) is 180 cm³/mol. The first-order valence-corrected chi connectivity index (χ1v) is 14.6. The van der Waals surface area contributed by atoms with Crippen LogP contribution >= 0.6 is 0 Å². The summed E-state index contributed by atoms with van der Waals surface area (Å²) in [5.74, 6) is 0. The average molecular weight is 548 g/mol. The molecule has 0 aliphatic rings. The van der Waals surface area contributed by atoms with E-state index in [-0.39, 0.29) is 0 Å². The molecule has 0 unspecified atom stereocenters. The third-order valence-electron chi connectivity index (χ3n) is 8.70. The summed E-state index contributed by atoms with van der Waals surface area (Å²) >= 11 is 0. The summed E-state index contributed by atoms with van der Waals surface area (Å²) in [6, 6.07) is 53.6. The second-order valence-electron chi connectivity index (χ2n) is 11.1. The van der Waals surface area contributed by atoms with Crippen molar-refractivity contribution in [2.45, 2.75) is 0 Å². The summed E-state index contributed by atoms with van der Waals surface area (Å²) in [4.78, 5) is 5.23. The van der Waals surface area contributed by atoms with Gasteiger partial charge in [-0.15, -0.1) is 0 Å². The third kappa shape index (κ3) is 3.70. The van der Waals surface area contributed by atoms with Gasteiger partial charge in [0.05, 0.1) is 11.2 Å². The van der Waals surface area contributed by atoms with Crippen molar-refractivity contribution in [3.63, 3.8) is 0 Å². The molecule has 0 spiro atoms. The Bertz CT molecular complexity index is 2470. The van der Waals surface area contributed by atoms with Crippen LogP contribution in [0.1, 0.15) is 0 Å². The highest BCUT2D eigenvalue weighted by Crippen LogP contribution is 2.40. The number of pyridine rings is 1. The Morgan fingerprint density at radius 3 is 1.65 bits per heavy atom. The smallest absolute Gasteiger partial charge is 0.143 e. The fraction of sp³-hybridized carbons (Fsp3) is 0. The van der Waals surface area contributed by atoms with Crippen LogP contribution in [0.15, 0.2) is 156 Å². The van der Waals surface area contributed by atoms with E-state index in [1.165, 1.54) is 32.5 Å². The van der Waals surface area contributed by atoms with Crippen LogP contribution in [0.2, 0.25) is 0 Å². The van der Waals surface area contributed by atoms with Crippen molar-refractivity contribution in [2.75, 3.05) is 0 Å². The molecule has 2 aromatic heterocycles. The van der Waals surface area contributed by atoms with Gasteiger partial charge in [-0.3, -0.25) is 0 Å². The lowest BCUT2D eigenvalue weighted by Crippen LogP contribution is -1.90. The zero-order chi connectivity index (χ0) is 28.3. The maximum absolute atomic E-state index is 6.39. The molecule has 0 saturated heterocycles. The lowest BCUT2D eigenvalue weighted by Gasteiger charge is -2.13. The first-order valence-electron chi connectivity index (χ1n) is 14.6. The molecule has 0 aliphatic heterocycles. The zero-order valence-corrected chi connectivity index (χ0v) is 23.3. The van der Waals surface area contributed by atoms with Crippen molar-refractivity contribution in [2.24, 2.45) is 0 Å². The van der Waals surface area contributed by atoms with Crippen LogP contribution < -0.4 is 0 Å². The highest BCUT2D eigenvalue weighted by molar-refractivity contribution is 6.24. The molecule has 43 heavy (non-hydrogen) atoms. The number of fused-ring (bicyclic) bond motifs is 9. The minimum absolute atomic E-state index is 0.912. The molecule has 0 aliphatic carbocycles. The van der Waals surface area contributed by atoms with Crippen LogP contribution in [-0.4, -0.2) is 4.98 Å². The van der Waals surface area contributed by atoms with Crippen molar-refractivity contribution >= 4 is 54.4 Å². The largest absolute Gasteiger partial charge is 0.455 e. The van der Waals surface area contributed by atoms with Crippen molar-refractivity contribution in [3.05, 3.63) is 152 Å². The van der Waals surface area contributed by atoms with Crippen LogP contribution in [0.3, 0.4) is 0 Å². The van der Waals surface area contributed by atoms with Gasteiger partial charge in [-0.2, -0.15) is 0 Å². The number of hydrogen-bond donors (Lipinski definition) is 0. The summed E-state index contributed by atoms with van der Waals surface area (Å²) in [6.07, 6.45) is 0. The van der Waals surface area contributed by atoms with E-state index in [1.54, 1.807) is 0 Å². The Hall–Kier alpha value is -5.73. The Balaban J connectivity index is 1.16. The number of furan rings is 1. The maximum Gasteiger partial charge on any atom is 0.143 e. The van der Waals surface area contributed by atoms with Gasteiger partial charge in [0.25, 0.3) is 0 Å². The molecule has 200 valence electrons. The van der Waals surface area contributed by atoms with Gasteiger partial charge >= 0.3 is 0 Å². The fourth-order valence-corrected chi connectivity index (χ4v) is 6.67. The lowest BCUT2D eigenvalue weighted by molar-refractivity contribution is 0.670. The van der Waals surface area contributed by atoms with Crippen LogP contribution in [0, 0.1) is 0 Å². The maximum atomic E-state index is 6.39. The van der Waals surface area contributed by atoms with Crippen LogP contribution in [-0.2, 0) is 0 Å². The minimum Gasteiger partial charge on any atom is -0.455 e. The zero-order valence-electron chi connectivity index (χ0n) is 23.3. The first kappa shape index (κ1) is 23.9. The Morgan fingerprint density at radius 2 is 0.884 bits per heavy atom. The third-order valence-corrected chi connectivity index (χ3v) is 8.70. The summed E-state index contributed by atoms with van der Waals surface area (Å²) in [7, 11) is 0. The van der Waals surface area contributed by atoms with Gasteiger partial charge in [0.1, 0.15) is 11.2 Å².